The number of carbonyl (C=O) groups is 2. The van der Waals surface area contributed by atoms with Gasteiger partial charge in [0, 0.05) is 10.7 Å². The van der Waals surface area contributed by atoms with Crippen LogP contribution in [-0.2, 0) is 9.53 Å². The van der Waals surface area contributed by atoms with Gasteiger partial charge in [-0.1, -0.05) is 77.0 Å². The fourth-order valence-electron chi connectivity index (χ4n) is 3.69. The topological polar surface area (TPSA) is 76.7 Å². The molecule has 0 aromatic heterocycles. The van der Waals surface area contributed by atoms with Crippen LogP contribution in [0.25, 0.3) is 0 Å². The van der Waals surface area contributed by atoms with Gasteiger partial charge in [-0.25, -0.2) is 9.59 Å². The minimum Gasteiger partial charge on any atom is -0.494 e. The molecule has 1 unspecified atom stereocenters. The Balaban J connectivity index is 2.06. The Morgan fingerprint density at radius 2 is 1.81 bits per heavy atom. The monoisotopic (exact) mass is 450 g/mol. The molecule has 0 saturated carbocycles. The van der Waals surface area contributed by atoms with E-state index in [9.17, 15) is 9.59 Å². The van der Waals surface area contributed by atoms with Crippen LogP contribution < -0.4 is 15.4 Å². The Bertz CT molecular complexity index is 792. The first kappa shape index (κ1) is 25.1. The van der Waals surface area contributed by atoms with Gasteiger partial charge in [-0.15, -0.1) is 0 Å². The van der Waals surface area contributed by atoms with Gasteiger partial charge in [0.15, 0.2) is 0 Å². The van der Waals surface area contributed by atoms with E-state index in [4.69, 9.17) is 21.1 Å². The third-order valence-corrected chi connectivity index (χ3v) is 5.71. The molecule has 2 amide bonds. The zero-order chi connectivity index (χ0) is 22.8. The van der Waals surface area contributed by atoms with Crippen molar-refractivity contribution in [2.75, 3.05) is 13.7 Å². The van der Waals surface area contributed by atoms with E-state index >= 15 is 0 Å². The number of esters is 1. The highest BCUT2D eigenvalue weighted by Gasteiger charge is 2.35. The summed E-state index contributed by atoms with van der Waals surface area (Å²) in [7, 11) is 1.32. The first-order chi connectivity index (χ1) is 14.9. The van der Waals surface area contributed by atoms with Crippen molar-refractivity contribution in [3.8, 4) is 5.75 Å². The van der Waals surface area contributed by atoms with E-state index < -0.39 is 12.0 Å². The summed E-state index contributed by atoms with van der Waals surface area (Å²) >= 11 is 6.54. The number of benzene rings is 1. The van der Waals surface area contributed by atoms with Gasteiger partial charge >= 0.3 is 12.0 Å². The van der Waals surface area contributed by atoms with Crippen molar-refractivity contribution in [1.82, 2.24) is 10.6 Å². The number of rotatable bonds is 12. The molecule has 0 aliphatic carbocycles. The molecule has 1 aliphatic rings. The van der Waals surface area contributed by atoms with Gasteiger partial charge in [-0.2, -0.15) is 0 Å². The molecule has 172 valence electrons. The Morgan fingerprint density at radius 3 is 2.42 bits per heavy atom. The number of allylic oxidation sites excluding steroid dienone is 1. The van der Waals surface area contributed by atoms with Crippen LogP contribution in [-0.4, -0.2) is 25.7 Å². The quantitative estimate of drug-likeness (QED) is 0.306. The average molecular weight is 451 g/mol. The molecule has 0 saturated heterocycles. The van der Waals surface area contributed by atoms with E-state index in [1.54, 1.807) is 12.1 Å². The largest absolute Gasteiger partial charge is 0.494 e. The number of ether oxygens (including phenoxy) is 2. The third-order valence-electron chi connectivity index (χ3n) is 5.38. The lowest BCUT2D eigenvalue weighted by Gasteiger charge is -2.31. The predicted octanol–water partition coefficient (Wildman–Crippen LogP) is 5.91. The number of unbranched alkanes of at least 4 members (excludes halogenated alkanes) is 6. The maximum atomic E-state index is 12.5. The van der Waals surface area contributed by atoms with Gasteiger partial charge < -0.3 is 20.1 Å². The summed E-state index contributed by atoms with van der Waals surface area (Å²) in [5.74, 6) is 0.107. The standard InChI is InChI=1S/C24H35ClN2O4/c1-5-6-7-8-9-10-11-14-31-17-12-13-18(19(25)15-17)22-20(23(28)30-4)21(16(2)3)26-24(29)27-22/h12-13,15-16,22H,5-11,14H2,1-4H3,(H2,26,27,29). The van der Waals surface area contributed by atoms with Crippen molar-refractivity contribution >= 4 is 23.6 Å². The lowest BCUT2D eigenvalue weighted by molar-refractivity contribution is -0.136. The summed E-state index contributed by atoms with van der Waals surface area (Å²) in [4.78, 5) is 24.7. The highest BCUT2D eigenvalue weighted by atomic mass is 35.5. The minimum absolute atomic E-state index is 0.0639. The maximum Gasteiger partial charge on any atom is 0.337 e. The predicted molar refractivity (Wildman–Crippen MR) is 123 cm³/mol. The van der Waals surface area contributed by atoms with Gasteiger partial charge in [0.25, 0.3) is 0 Å². The number of hydrogen-bond acceptors (Lipinski definition) is 4. The normalized spacial score (nSPS) is 16.2. The number of nitrogens with one attached hydrogen (secondary N) is 2. The lowest BCUT2D eigenvalue weighted by atomic mass is 9.91. The SMILES string of the molecule is CCCCCCCCCOc1ccc(C2NC(=O)NC(C(C)C)=C2C(=O)OC)c(Cl)c1. The Hall–Kier alpha value is -2.21. The number of methoxy groups -OCH3 is 1. The molecule has 31 heavy (non-hydrogen) atoms. The number of carbonyl (C=O) groups excluding carboxylic acids is 2. The molecule has 1 aromatic rings. The van der Waals surface area contributed by atoms with Crippen LogP contribution in [0.15, 0.2) is 29.5 Å². The highest BCUT2D eigenvalue weighted by Crippen LogP contribution is 2.35. The smallest absolute Gasteiger partial charge is 0.337 e. The minimum atomic E-state index is -0.691. The number of hydrogen-bond donors (Lipinski definition) is 2. The number of amides is 2. The van der Waals surface area contributed by atoms with Crippen LogP contribution in [0.4, 0.5) is 4.79 Å². The highest BCUT2D eigenvalue weighted by molar-refractivity contribution is 6.31. The Kier molecular flexibility index (Phi) is 10.2. The molecule has 0 fully saturated rings. The van der Waals surface area contributed by atoms with E-state index in [0.717, 1.165) is 12.8 Å². The van der Waals surface area contributed by atoms with Gasteiger partial charge in [0.2, 0.25) is 0 Å². The van der Waals surface area contributed by atoms with Crippen LogP contribution in [0.3, 0.4) is 0 Å². The van der Waals surface area contributed by atoms with Crippen LogP contribution in [0, 0.1) is 5.92 Å². The molecule has 2 N–H and O–H groups in total. The van der Waals surface area contributed by atoms with E-state index in [2.05, 4.69) is 17.6 Å². The second kappa shape index (κ2) is 12.6. The summed E-state index contributed by atoms with van der Waals surface area (Å²) < 4.78 is 10.8. The lowest BCUT2D eigenvalue weighted by Crippen LogP contribution is -2.47. The Morgan fingerprint density at radius 1 is 1.13 bits per heavy atom. The summed E-state index contributed by atoms with van der Waals surface area (Å²) in [6.45, 7) is 6.67. The fourth-order valence-corrected chi connectivity index (χ4v) is 3.97. The van der Waals surface area contributed by atoms with E-state index in [-0.39, 0.29) is 11.9 Å². The molecule has 1 heterocycles. The van der Waals surface area contributed by atoms with Crippen molar-refractivity contribution in [2.45, 2.75) is 71.8 Å². The van der Waals surface area contributed by atoms with Gasteiger partial charge in [0.05, 0.1) is 25.3 Å². The van der Waals surface area contributed by atoms with Crippen LogP contribution >= 0.6 is 11.6 Å². The molecule has 2 rings (SSSR count). The molecule has 7 heteroatoms. The molecular weight excluding hydrogens is 416 g/mol. The van der Waals surface area contributed by atoms with E-state index in [1.165, 1.54) is 39.2 Å². The zero-order valence-corrected chi connectivity index (χ0v) is 19.8. The molecule has 0 spiro atoms. The van der Waals surface area contributed by atoms with Gasteiger partial charge in [-0.3, -0.25) is 0 Å². The summed E-state index contributed by atoms with van der Waals surface area (Å²) in [6, 6.07) is 4.27. The van der Waals surface area contributed by atoms with Crippen molar-refractivity contribution in [3.05, 3.63) is 40.1 Å². The first-order valence-electron chi connectivity index (χ1n) is 11.2. The van der Waals surface area contributed by atoms with E-state index in [0.29, 0.717) is 34.2 Å². The van der Waals surface area contributed by atoms with Crippen molar-refractivity contribution in [2.24, 2.45) is 5.92 Å². The second-order valence-electron chi connectivity index (χ2n) is 8.16. The average Bonchev–Trinajstić information content (AvgIpc) is 2.74. The fraction of sp³-hybridized carbons (Fsp3) is 0.583. The molecule has 1 atom stereocenters. The van der Waals surface area contributed by atoms with Crippen LogP contribution in [0.5, 0.6) is 5.75 Å². The molecule has 1 aromatic carbocycles. The van der Waals surface area contributed by atoms with Crippen LogP contribution in [0.1, 0.15) is 77.3 Å². The first-order valence-corrected chi connectivity index (χ1v) is 11.6. The number of halogens is 1. The van der Waals surface area contributed by atoms with Gasteiger partial charge in [0.1, 0.15) is 5.75 Å². The Labute approximate surface area is 190 Å². The zero-order valence-electron chi connectivity index (χ0n) is 19.1. The molecular formula is C24H35ClN2O4. The second-order valence-corrected chi connectivity index (χ2v) is 8.57. The van der Waals surface area contributed by atoms with E-state index in [1.807, 2.05) is 19.9 Å². The van der Waals surface area contributed by atoms with Crippen molar-refractivity contribution in [1.29, 1.82) is 0 Å². The molecule has 1 aliphatic heterocycles. The summed E-state index contributed by atoms with van der Waals surface area (Å²) in [5.41, 5.74) is 1.52. The van der Waals surface area contributed by atoms with Crippen molar-refractivity contribution in [3.63, 3.8) is 0 Å². The van der Waals surface area contributed by atoms with Crippen LogP contribution in [0.2, 0.25) is 5.02 Å². The van der Waals surface area contributed by atoms with Gasteiger partial charge in [-0.05, 0) is 30.0 Å². The molecule has 0 bridgehead atoms. The summed E-state index contributed by atoms with van der Waals surface area (Å²) in [6.07, 6.45) is 8.55. The number of urea groups is 1. The maximum absolute atomic E-state index is 12.5. The summed E-state index contributed by atoms with van der Waals surface area (Å²) in [5, 5.41) is 5.94. The molecule has 6 nitrogen and oxygen atoms in total. The van der Waals surface area contributed by atoms with Crippen molar-refractivity contribution < 1.29 is 19.1 Å². The third kappa shape index (κ3) is 7.17. The molecule has 0 radical (unpaired) electrons.